The molecule has 0 radical (unpaired) electrons. The number of piperidine rings is 1. The van der Waals surface area contributed by atoms with Crippen molar-refractivity contribution in [2.24, 2.45) is 16.6 Å². The Morgan fingerprint density at radius 2 is 2.08 bits per heavy atom. The predicted octanol–water partition coefficient (Wildman–Crippen LogP) is 4.28. The zero-order valence-electron chi connectivity index (χ0n) is 15.5. The summed E-state index contributed by atoms with van der Waals surface area (Å²) in [6.07, 6.45) is 2.52. The molecule has 0 aromatic heterocycles. The standard InChI is InChI=1S/C19H32N4.HI/c1-14(2)17-8-5-9-18(11-17)22-19(20)21-12-16-7-6-10-23(13-16)15(3)4;/h5,8-9,11,14-16H,6-7,10,12-13H2,1-4H3,(H3,20,21,22);1H. The van der Waals surface area contributed by atoms with E-state index < -0.39 is 0 Å². The minimum Gasteiger partial charge on any atom is -0.370 e. The second-order valence-corrected chi connectivity index (χ2v) is 7.23. The van der Waals surface area contributed by atoms with Crippen LogP contribution in [0.15, 0.2) is 29.3 Å². The van der Waals surface area contributed by atoms with Gasteiger partial charge in [0.15, 0.2) is 5.96 Å². The molecule has 1 saturated heterocycles. The number of guanidine groups is 1. The molecule has 4 nitrogen and oxygen atoms in total. The number of hydrogen-bond acceptors (Lipinski definition) is 2. The van der Waals surface area contributed by atoms with Crippen LogP contribution in [0, 0.1) is 5.92 Å². The van der Waals surface area contributed by atoms with E-state index in [1.165, 1.54) is 24.9 Å². The zero-order valence-corrected chi connectivity index (χ0v) is 17.8. The molecule has 0 saturated carbocycles. The molecule has 1 unspecified atom stereocenters. The number of aliphatic imine (C=N–C) groups is 1. The number of likely N-dealkylation sites (tertiary alicyclic amines) is 1. The number of nitrogens with one attached hydrogen (secondary N) is 1. The highest BCUT2D eigenvalue weighted by Crippen LogP contribution is 2.20. The number of benzene rings is 1. The highest BCUT2D eigenvalue weighted by molar-refractivity contribution is 14.0. The summed E-state index contributed by atoms with van der Waals surface area (Å²) in [6.45, 7) is 12.1. The molecule has 136 valence electrons. The monoisotopic (exact) mass is 444 g/mol. The van der Waals surface area contributed by atoms with Crippen molar-refractivity contribution in [1.29, 1.82) is 0 Å². The number of anilines is 1. The van der Waals surface area contributed by atoms with E-state index in [9.17, 15) is 0 Å². The van der Waals surface area contributed by atoms with Gasteiger partial charge in [0, 0.05) is 24.8 Å². The van der Waals surface area contributed by atoms with Crippen LogP contribution in [-0.4, -0.2) is 36.5 Å². The van der Waals surface area contributed by atoms with Crippen molar-refractivity contribution in [2.75, 3.05) is 25.0 Å². The molecule has 24 heavy (non-hydrogen) atoms. The van der Waals surface area contributed by atoms with Gasteiger partial charge >= 0.3 is 0 Å². The summed E-state index contributed by atoms with van der Waals surface area (Å²) in [4.78, 5) is 7.11. The van der Waals surface area contributed by atoms with Crippen LogP contribution >= 0.6 is 24.0 Å². The molecular weight excluding hydrogens is 411 g/mol. The fraction of sp³-hybridized carbons (Fsp3) is 0.632. The molecule has 1 atom stereocenters. The Bertz CT molecular complexity index is 528. The summed E-state index contributed by atoms with van der Waals surface area (Å²) in [5, 5.41) is 3.22. The average Bonchev–Trinajstić information content (AvgIpc) is 2.53. The summed E-state index contributed by atoms with van der Waals surface area (Å²) < 4.78 is 0. The molecule has 3 N–H and O–H groups in total. The average molecular weight is 444 g/mol. The van der Waals surface area contributed by atoms with Gasteiger partial charge in [0.1, 0.15) is 0 Å². The summed E-state index contributed by atoms with van der Waals surface area (Å²) in [7, 11) is 0. The Kier molecular flexibility index (Phi) is 9.05. The van der Waals surface area contributed by atoms with Gasteiger partial charge < -0.3 is 16.0 Å². The van der Waals surface area contributed by atoms with Gasteiger partial charge in [-0.25, -0.2) is 0 Å². The number of nitrogens with two attached hydrogens (primary N) is 1. The van der Waals surface area contributed by atoms with Crippen LogP contribution in [0.4, 0.5) is 5.69 Å². The fourth-order valence-corrected chi connectivity index (χ4v) is 3.11. The van der Waals surface area contributed by atoms with E-state index in [-0.39, 0.29) is 24.0 Å². The van der Waals surface area contributed by atoms with Gasteiger partial charge in [0.05, 0.1) is 0 Å². The third-order valence-electron chi connectivity index (χ3n) is 4.63. The van der Waals surface area contributed by atoms with Gasteiger partial charge in [-0.1, -0.05) is 26.0 Å². The van der Waals surface area contributed by atoms with Crippen LogP contribution in [0.1, 0.15) is 52.0 Å². The molecule has 1 aliphatic rings. The largest absolute Gasteiger partial charge is 0.370 e. The van der Waals surface area contributed by atoms with Gasteiger partial charge in [0.25, 0.3) is 0 Å². The van der Waals surface area contributed by atoms with E-state index >= 15 is 0 Å². The van der Waals surface area contributed by atoms with E-state index in [1.807, 2.05) is 6.07 Å². The zero-order chi connectivity index (χ0) is 16.8. The Morgan fingerprint density at radius 1 is 1.33 bits per heavy atom. The molecular formula is C19H33IN4. The van der Waals surface area contributed by atoms with Gasteiger partial charge in [-0.2, -0.15) is 0 Å². The first-order valence-corrected chi connectivity index (χ1v) is 8.86. The Balaban J connectivity index is 0.00000288. The summed E-state index contributed by atoms with van der Waals surface area (Å²) >= 11 is 0. The van der Waals surface area contributed by atoms with E-state index in [0.717, 1.165) is 18.8 Å². The van der Waals surface area contributed by atoms with Crippen LogP contribution in [0.25, 0.3) is 0 Å². The Morgan fingerprint density at radius 3 is 2.75 bits per heavy atom. The predicted molar refractivity (Wildman–Crippen MR) is 115 cm³/mol. The van der Waals surface area contributed by atoms with Gasteiger partial charge in [0.2, 0.25) is 0 Å². The first-order chi connectivity index (χ1) is 11.0. The molecule has 1 aromatic carbocycles. The molecule has 0 aliphatic carbocycles. The van der Waals surface area contributed by atoms with Crippen molar-refractivity contribution in [3.8, 4) is 0 Å². The summed E-state index contributed by atoms with van der Waals surface area (Å²) in [5.74, 6) is 1.65. The molecule has 0 amide bonds. The minimum absolute atomic E-state index is 0. The van der Waals surface area contributed by atoms with Crippen molar-refractivity contribution in [2.45, 2.75) is 52.5 Å². The van der Waals surface area contributed by atoms with Gasteiger partial charge in [-0.15, -0.1) is 24.0 Å². The summed E-state index contributed by atoms with van der Waals surface area (Å²) in [6, 6.07) is 9.01. The van der Waals surface area contributed by atoms with Crippen molar-refractivity contribution in [3.05, 3.63) is 29.8 Å². The Labute approximate surface area is 164 Å². The van der Waals surface area contributed by atoms with E-state index in [2.05, 4.69) is 61.1 Å². The lowest BCUT2D eigenvalue weighted by Crippen LogP contribution is -2.41. The van der Waals surface area contributed by atoms with Crippen LogP contribution in [0.2, 0.25) is 0 Å². The summed E-state index contributed by atoms with van der Waals surface area (Å²) in [5.41, 5.74) is 8.40. The maximum atomic E-state index is 6.07. The SMILES string of the molecule is CC(C)c1cccc(NC(N)=NCC2CCCN(C(C)C)C2)c1.I. The third kappa shape index (κ3) is 6.59. The highest BCUT2D eigenvalue weighted by atomic mass is 127. The molecule has 1 heterocycles. The van der Waals surface area contributed by atoms with Crippen LogP contribution in [-0.2, 0) is 0 Å². The molecule has 0 spiro atoms. The highest BCUT2D eigenvalue weighted by Gasteiger charge is 2.21. The minimum atomic E-state index is 0. The molecule has 5 heteroatoms. The second kappa shape index (κ2) is 10.2. The van der Waals surface area contributed by atoms with Gasteiger partial charge in [-0.05, 0) is 62.8 Å². The molecule has 1 fully saturated rings. The van der Waals surface area contributed by atoms with E-state index in [4.69, 9.17) is 5.73 Å². The number of halogens is 1. The van der Waals surface area contributed by atoms with Crippen molar-refractivity contribution in [1.82, 2.24) is 4.90 Å². The normalized spacial score (nSPS) is 19.4. The van der Waals surface area contributed by atoms with Crippen LogP contribution in [0.3, 0.4) is 0 Å². The van der Waals surface area contributed by atoms with Crippen LogP contribution < -0.4 is 11.1 Å². The number of hydrogen-bond donors (Lipinski definition) is 2. The Hall–Kier alpha value is -0.820. The molecule has 1 aliphatic heterocycles. The molecule has 1 aromatic rings. The first kappa shape index (κ1) is 21.2. The number of nitrogens with zero attached hydrogens (tertiary/aromatic N) is 2. The lowest BCUT2D eigenvalue weighted by atomic mass is 9.97. The first-order valence-electron chi connectivity index (χ1n) is 8.86. The molecule has 0 bridgehead atoms. The number of rotatable bonds is 5. The van der Waals surface area contributed by atoms with Crippen molar-refractivity contribution >= 4 is 35.6 Å². The van der Waals surface area contributed by atoms with Gasteiger partial charge in [-0.3, -0.25) is 4.99 Å². The quantitative estimate of drug-likeness (QED) is 0.405. The van der Waals surface area contributed by atoms with Crippen LogP contribution in [0.5, 0.6) is 0 Å². The smallest absolute Gasteiger partial charge is 0.193 e. The van der Waals surface area contributed by atoms with E-state index in [1.54, 1.807) is 0 Å². The lowest BCUT2D eigenvalue weighted by molar-refractivity contribution is 0.143. The topological polar surface area (TPSA) is 53.6 Å². The van der Waals surface area contributed by atoms with Crippen molar-refractivity contribution in [3.63, 3.8) is 0 Å². The van der Waals surface area contributed by atoms with E-state index in [0.29, 0.717) is 23.8 Å². The van der Waals surface area contributed by atoms with Crippen molar-refractivity contribution < 1.29 is 0 Å². The lowest BCUT2D eigenvalue weighted by Gasteiger charge is -2.34. The maximum Gasteiger partial charge on any atom is 0.193 e. The second-order valence-electron chi connectivity index (χ2n) is 7.23. The third-order valence-corrected chi connectivity index (χ3v) is 4.63. The maximum absolute atomic E-state index is 6.07. The molecule has 2 rings (SSSR count). The fourth-order valence-electron chi connectivity index (χ4n) is 3.11.